The van der Waals surface area contributed by atoms with Gasteiger partial charge in [-0.2, -0.15) is 5.10 Å². The minimum absolute atomic E-state index is 0.345. The van der Waals surface area contributed by atoms with E-state index in [1.807, 2.05) is 24.3 Å². The fourth-order valence-corrected chi connectivity index (χ4v) is 3.43. The Morgan fingerprint density at radius 3 is 2.74 bits per heavy atom. The number of imidazole rings is 1. The first-order chi connectivity index (χ1) is 15.0. The zero-order chi connectivity index (χ0) is 21.8. The van der Waals surface area contributed by atoms with Crippen molar-refractivity contribution in [3.05, 3.63) is 93.2 Å². The molecule has 0 bridgehead atoms. The summed E-state index contributed by atoms with van der Waals surface area (Å²) in [6.45, 7) is 0. The molecule has 31 heavy (non-hydrogen) atoms. The number of halogens is 2. The predicted molar refractivity (Wildman–Crippen MR) is 123 cm³/mol. The van der Waals surface area contributed by atoms with Gasteiger partial charge in [0, 0.05) is 17.5 Å². The molecule has 0 saturated heterocycles. The van der Waals surface area contributed by atoms with E-state index >= 15 is 0 Å². The van der Waals surface area contributed by atoms with Gasteiger partial charge in [0.25, 0.3) is 5.91 Å². The number of rotatable bonds is 6. The number of amides is 1. The highest BCUT2D eigenvalue weighted by Gasteiger charge is 2.09. The van der Waals surface area contributed by atoms with Gasteiger partial charge in [0.05, 0.1) is 34.4 Å². The SMILES string of the molecule is COc1ccc(Cc2nc3ccc(C(=O)N/N=C\c4cccc(Cl)c4Cl)cc3[nH]2)cc1. The van der Waals surface area contributed by atoms with Gasteiger partial charge in [-0.25, -0.2) is 10.4 Å². The minimum Gasteiger partial charge on any atom is -0.497 e. The topological polar surface area (TPSA) is 79.4 Å². The van der Waals surface area contributed by atoms with Gasteiger partial charge in [-0.1, -0.05) is 47.5 Å². The third-order valence-corrected chi connectivity index (χ3v) is 5.51. The van der Waals surface area contributed by atoms with Crippen LogP contribution in [0.5, 0.6) is 5.75 Å². The highest BCUT2D eigenvalue weighted by atomic mass is 35.5. The fourth-order valence-electron chi connectivity index (χ4n) is 3.07. The van der Waals surface area contributed by atoms with Gasteiger partial charge in [0.1, 0.15) is 11.6 Å². The van der Waals surface area contributed by atoms with Crippen molar-refractivity contribution in [2.45, 2.75) is 6.42 Å². The van der Waals surface area contributed by atoms with Crippen molar-refractivity contribution < 1.29 is 9.53 Å². The number of aromatic nitrogens is 2. The molecule has 1 heterocycles. The van der Waals surface area contributed by atoms with E-state index in [1.165, 1.54) is 6.21 Å². The molecular weight excluding hydrogens is 435 g/mol. The summed E-state index contributed by atoms with van der Waals surface area (Å²) in [4.78, 5) is 20.3. The van der Waals surface area contributed by atoms with E-state index in [-0.39, 0.29) is 5.91 Å². The highest BCUT2D eigenvalue weighted by Crippen LogP contribution is 2.24. The molecule has 156 valence electrons. The first kappa shape index (κ1) is 20.9. The Morgan fingerprint density at radius 2 is 1.97 bits per heavy atom. The van der Waals surface area contributed by atoms with Gasteiger partial charge in [0.2, 0.25) is 0 Å². The molecule has 0 atom stereocenters. The van der Waals surface area contributed by atoms with Crippen molar-refractivity contribution in [1.29, 1.82) is 0 Å². The number of nitrogens with one attached hydrogen (secondary N) is 2. The van der Waals surface area contributed by atoms with Gasteiger partial charge in [-0.15, -0.1) is 0 Å². The fraction of sp³-hybridized carbons (Fsp3) is 0.0870. The smallest absolute Gasteiger partial charge is 0.271 e. The number of methoxy groups -OCH3 is 1. The van der Waals surface area contributed by atoms with Crippen molar-refractivity contribution in [2.75, 3.05) is 7.11 Å². The number of nitrogens with zero attached hydrogens (tertiary/aromatic N) is 2. The van der Waals surface area contributed by atoms with E-state index in [2.05, 4.69) is 20.5 Å². The molecule has 2 N–H and O–H groups in total. The predicted octanol–water partition coefficient (Wildman–Crippen LogP) is 5.23. The first-order valence-corrected chi connectivity index (χ1v) is 10.2. The summed E-state index contributed by atoms with van der Waals surface area (Å²) < 4.78 is 5.18. The molecule has 8 heteroatoms. The number of carbonyl (C=O) groups is 1. The molecule has 1 aromatic heterocycles. The van der Waals surface area contributed by atoms with Crippen LogP contribution in [0.4, 0.5) is 0 Å². The standard InChI is InChI=1S/C23H18Cl2N4O2/c1-31-17-8-5-14(6-9-17)11-21-27-19-10-7-15(12-20(19)28-21)23(30)29-26-13-16-3-2-4-18(24)22(16)25/h2-10,12-13H,11H2,1H3,(H,27,28)(H,29,30)/b26-13-. The van der Waals surface area contributed by atoms with Crippen molar-refractivity contribution >= 4 is 46.4 Å². The number of fused-ring (bicyclic) bond motifs is 1. The molecule has 4 rings (SSSR count). The molecule has 0 unspecified atom stereocenters. The average Bonchev–Trinajstić information content (AvgIpc) is 3.18. The molecular formula is C23H18Cl2N4O2. The van der Waals surface area contributed by atoms with Crippen LogP contribution in [0, 0.1) is 0 Å². The zero-order valence-corrected chi connectivity index (χ0v) is 18.0. The summed E-state index contributed by atoms with van der Waals surface area (Å²) in [5.74, 6) is 1.28. The number of aromatic amines is 1. The third-order valence-electron chi connectivity index (χ3n) is 4.67. The number of carbonyl (C=O) groups excluding carboxylic acids is 1. The molecule has 0 fully saturated rings. The number of H-pyrrole nitrogens is 1. The van der Waals surface area contributed by atoms with Crippen LogP contribution in [0.2, 0.25) is 10.0 Å². The first-order valence-electron chi connectivity index (χ1n) is 9.42. The van der Waals surface area contributed by atoms with E-state index in [9.17, 15) is 4.79 Å². The van der Waals surface area contributed by atoms with Crippen molar-refractivity contribution in [3.8, 4) is 5.75 Å². The second kappa shape index (κ2) is 9.20. The van der Waals surface area contributed by atoms with Gasteiger partial charge in [0.15, 0.2) is 0 Å². The van der Waals surface area contributed by atoms with Crippen LogP contribution in [-0.4, -0.2) is 29.2 Å². The molecule has 0 spiro atoms. The number of hydrazone groups is 1. The van der Waals surface area contributed by atoms with Crippen LogP contribution >= 0.6 is 23.2 Å². The Labute approximate surface area is 188 Å². The van der Waals surface area contributed by atoms with Crippen molar-refractivity contribution in [3.63, 3.8) is 0 Å². The molecule has 4 aromatic rings. The minimum atomic E-state index is -0.345. The number of hydrogen-bond acceptors (Lipinski definition) is 4. The molecule has 0 aliphatic heterocycles. The maximum absolute atomic E-state index is 12.5. The average molecular weight is 453 g/mol. The molecule has 6 nitrogen and oxygen atoms in total. The monoisotopic (exact) mass is 452 g/mol. The van der Waals surface area contributed by atoms with Crippen LogP contribution in [0.25, 0.3) is 11.0 Å². The van der Waals surface area contributed by atoms with Crippen LogP contribution in [0.1, 0.15) is 27.3 Å². The Hall–Kier alpha value is -3.35. The Morgan fingerprint density at radius 1 is 1.16 bits per heavy atom. The lowest BCUT2D eigenvalue weighted by molar-refractivity contribution is 0.0955. The molecule has 0 radical (unpaired) electrons. The molecule has 0 aliphatic carbocycles. The molecule has 1 amide bonds. The zero-order valence-electron chi connectivity index (χ0n) is 16.5. The second-order valence-corrected chi connectivity index (χ2v) is 7.57. The van der Waals surface area contributed by atoms with Gasteiger partial charge < -0.3 is 9.72 Å². The van der Waals surface area contributed by atoms with Crippen LogP contribution < -0.4 is 10.2 Å². The summed E-state index contributed by atoms with van der Waals surface area (Å²) in [6, 6.07) is 18.3. The number of hydrogen-bond donors (Lipinski definition) is 2. The molecule has 0 saturated carbocycles. The largest absolute Gasteiger partial charge is 0.497 e. The van der Waals surface area contributed by atoms with E-state index in [1.54, 1.807) is 43.5 Å². The van der Waals surface area contributed by atoms with Crippen LogP contribution in [0.15, 0.2) is 65.8 Å². The van der Waals surface area contributed by atoms with Crippen LogP contribution in [0.3, 0.4) is 0 Å². The Bertz CT molecular complexity index is 1270. The lowest BCUT2D eigenvalue weighted by Crippen LogP contribution is -2.17. The Balaban J connectivity index is 1.46. The lowest BCUT2D eigenvalue weighted by Gasteiger charge is -2.01. The highest BCUT2D eigenvalue weighted by molar-refractivity contribution is 6.43. The van der Waals surface area contributed by atoms with Gasteiger partial charge in [-0.05, 0) is 42.0 Å². The quantitative estimate of drug-likeness (QED) is 0.310. The third kappa shape index (κ3) is 4.87. The molecule has 0 aliphatic rings. The summed E-state index contributed by atoms with van der Waals surface area (Å²) >= 11 is 12.1. The van der Waals surface area contributed by atoms with E-state index in [0.29, 0.717) is 27.6 Å². The lowest BCUT2D eigenvalue weighted by atomic mass is 10.1. The second-order valence-electron chi connectivity index (χ2n) is 6.78. The van der Waals surface area contributed by atoms with Crippen molar-refractivity contribution in [2.24, 2.45) is 5.10 Å². The number of ether oxygens (including phenoxy) is 1. The normalized spacial score (nSPS) is 11.2. The van der Waals surface area contributed by atoms with E-state index < -0.39 is 0 Å². The van der Waals surface area contributed by atoms with Crippen molar-refractivity contribution in [1.82, 2.24) is 15.4 Å². The summed E-state index contributed by atoms with van der Waals surface area (Å²) in [5, 5.41) is 4.77. The van der Waals surface area contributed by atoms with Gasteiger partial charge in [-0.3, -0.25) is 4.79 Å². The summed E-state index contributed by atoms with van der Waals surface area (Å²) in [7, 11) is 1.64. The van der Waals surface area contributed by atoms with E-state index in [0.717, 1.165) is 28.2 Å². The molecule has 3 aromatic carbocycles. The van der Waals surface area contributed by atoms with E-state index in [4.69, 9.17) is 27.9 Å². The summed E-state index contributed by atoms with van der Waals surface area (Å²) in [5.41, 5.74) is 6.24. The maximum atomic E-state index is 12.5. The van der Waals surface area contributed by atoms with Gasteiger partial charge >= 0.3 is 0 Å². The summed E-state index contributed by atoms with van der Waals surface area (Å²) in [6.07, 6.45) is 2.10. The van der Waals surface area contributed by atoms with Crippen LogP contribution in [-0.2, 0) is 6.42 Å². The number of benzene rings is 3. The maximum Gasteiger partial charge on any atom is 0.271 e. The Kier molecular flexibility index (Phi) is 6.21.